The Hall–Kier alpha value is -3.88. The van der Waals surface area contributed by atoms with Crippen molar-refractivity contribution in [3.8, 4) is 5.75 Å². The highest BCUT2D eigenvalue weighted by molar-refractivity contribution is 6.00. The lowest BCUT2D eigenvalue weighted by Gasteiger charge is -2.35. The molecule has 182 valence electrons. The highest BCUT2D eigenvalue weighted by Gasteiger charge is 2.23. The van der Waals surface area contributed by atoms with Gasteiger partial charge in [-0.05, 0) is 54.1 Å². The van der Waals surface area contributed by atoms with Crippen molar-refractivity contribution in [3.63, 3.8) is 0 Å². The maximum absolute atomic E-state index is 12.9. The number of carbonyl (C=O) groups excluding carboxylic acids is 2. The molecule has 0 aromatic heterocycles. The molecule has 3 N–H and O–H groups in total. The summed E-state index contributed by atoms with van der Waals surface area (Å²) in [4.78, 5) is 27.4. The van der Waals surface area contributed by atoms with Gasteiger partial charge in [-0.15, -0.1) is 0 Å². The number of hydrogen-bond donors (Lipinski definition) is 3. The summed E-state index contributed by atoms with van der Waals surface area (Å²) in [6.07, 6.45) is 0. The van der Waals surface area contributed by atoms with Gasteiger partial charge in [-0.1, -0.05) is 30.3 Å². The summed E-state index contributed by atoms with van der Waals surface area (Å²) < 4.78 is 10.8. The highest BCUT2D eigenvalue weighted by atomic mass is 16.5. The number of para-hydroxylation sites is 1. The summed E-state index contributed by atoms with van der Waals surface area (Å²) in [5, 5.41) is 8.60. The monoisotopic (exact) mass is 474 g/mol. The zero-order valence-corrected chi connectivity index (χ0v) is 19.7. The van der Waals surface area contributed by atoms with E-state index in [1.807, 2.05) is 54.6 Å². The molecule has 0 bridgehead atoms. The molecule has 3 aromatic rings. The molecule has 8 nitrogen and oxygen atoms in total. The van der Waals surface area contributed by atoms with E-state index in [0.29, 0.717) is 36.7 Å². The van der Waals surface area contributed by atoms with Crippen LogP contribution >= 0.6 is 0 Å². The molecule has 1 saturated heterocycles. The topological polar surface area (TPSA) is 91.9 Å². The summed E-state index contributed by atoms with van der Waals surface area (Å²) in [6, 6.07) is 23.6. The van der Waals surface area contributed by atoms with Crippen LogP contribution in [0.4, 0.5) is 16.2 Å². The van der Waals surface area contributed by atoms with E-state index in [0.717, 1.165) is 24.4 Å². The second-order valence-corrected chi connectivity index (χ2v) is 8.17. The van der Waals surface area contributed by atoms with Crippen molar-refractivity contribution < 1.29 is 19.1 Å². The molecule has 1 aliphatic heterocycles. The normalized spacial score (nSPS) is 14.5. The van der Waals surface area contributed by atoms with Gasteiger partial charge in [-0.25, -0.2) is 4.79 Å². The Kier molecular flexibility index (Phi) is 8.32. The second kappa shape index (κ2) is 12.0. The summed E-state index contributed by atoms with van der Waals surface area (Å²) >= 11 is 0. The van der Waals surface area contributed by atoms with Gasteiger partial charge >= 0.3 is 6.03 Å². The predicted molar refractivity (Wildman–Crippen MR) is 136 cm³/mol. The van der Waals surface area contributed by atoms with Gasteiger partial charge in [0.2, 0.25) is 0 Å². The van der Waals surface area contributed by atoms with Crippen LogP contribution in [0, 0.1) is 0 Å². The Morgan fingerprint density at radius 1 is 0.886 bits per heavy atom. The third-order valence-electron chi connectivity index (χ3n) is 5.88. The Morgan fingerprint density at radius 3 is 2.14 bits per heavy atom. The smallest absolute Gasteiger partial charge is 0.323 e. The van der Waals surface area contributed by atoms with Crippen molar-refractivity contribution >= 4 is 23.3 Å². The van der Waals surface area contributed by atoms with Crippen LogP contribution in [-0.2, 0) is 4.74 Å². The molecule has 3 aromatic carbocycles. The lowest BCUT2D eigenvalue weighted by Crippen LogP contribution is -2.43. The molecule has 1 heterocycles. The zero-order chi connectivity index (χ0) is 24.5. The number of benzene rings is 3. The van der Waals surface area contributed by atoms with Crippen LogP contribution < -0.4 is 20.7 Å². The van der Waals surface area contributed by atoms with Crippen LogP contribution in [0.1, 0.15) is 22.0 Å². The van der Waals surface area contributed by atoms with Crippen molar-refractivity contribution in [1.82, 2.24) is 10.2 Å². The van der Waals surface area contributed by atoms with E-state index in [-0.39, 0.29) is 18.0 Å². The molecule has 0 radical (unpaired) electrons. The molecular weight excluding hydrogens is 444 g/mol. The minimum Gasteiger partial charge on any atom is -0.497 e. The van der Waals surface area contributed by atoms with E-state index >= 15 is 0 Å². The SMILES string of the molecule is COc1ccc([C@H](CNC(=O)c2ccc(NC(=O)Nc3ccccc3)cc2)N2CCOCC2)cc1. The number of anilines is 2. The molecule has 0 aliphatic carbocycles. The van der Waals surface area contributed by atoms with E-state index in [1.165, 1.54) is 0 Å². The number of hydrogen-bond acceptors (Lipinski definition) is 5. The molecule has 0 spiro atoms. The van der Waals surface area contributed by atoms with Crippen LogP contribution in [0.3, 0.4) is 0 Å². The molecule has 4 rings (SSSR count). The van der Waals surface area contributed by atoms with Gasteiger partial charge in [0.25, 0.3) is 5.91 Å². The maximum atomic E-state index is 12.9. The van der Waals surface area contributed by atoms with Crippen molar-refractivity contribution in [2.45, 2.75) is 6.04 Å². The Morgan fingerprint density at radius 2 is 1.51 bits per heavy atom. The first kappa shape index (κ1) is 24.3. The van der Waals surface area contributed by atoms with Crippen LogP contribution in [-0.4, -0.2) is 56.8 Å². The minimum atomic E-state index is -0.346. The maximum Gasteiger partial charge on any atom is 0.323 e. The van der Waals surface area contributed by atoms with Gasteiger partial charge < -0.3 is 25.4 Å². The molecule has 35 heavy (non-hydrogen) atoms. The number of amides is 3. The molecule has 1 atom stereocenters. The Labute approximate surface area is 205 Å². The standard InChI is InChI=1S/C27H30N4O4/c1-34-24-13-9-20(10-14-24)25(31-15-17-35-18-16-31)19-28-26(32)21-7-11-23(12-8-21)30-27(33)29-22-5-3-2-4-6-22/h2-14,25H,15-19H2,1H3,(H,28,32)(H2,29,30,33)/t25-/m0/s1. The van der Waals surface area contributed by atoms with Crippen LogP contribution in [0.25, 0.3) is 0 Å². The number of nitrogens with zero attached hydrogens (tertiary/aromatic N) is 1. The van der Waals surface area contributed by atoms with Crippen molar-refractivity contribution in [1.29, 1.82) is 0 Å². The summed E-state index contributed by atoms with van der Waals surface area (Å²) in [7, 11) is 1.64. The van der Waals surface area contributed by atoms with E-state index < -0.39 is 0 Å². The number of urea groups is 1. The zero-order valence-electron chi connectivity index (χ0n) is 19.7. The lowest BCUT2D eigenvalue weighted by atomic mass is 10.0. The number of morpholine rings is 1. The summed E-state index contributed by atoms with van der Waals surface area (Å²) in [6.45, 7) is 3.42. The fourth-order valence-electron chi connectivity index (χ4n) is 3.98. The molecular formula is C27H30N4O4. The molecule has 8 heteroatoms. The molecule has 0 saturated carbocycles. The number of rotatable bonds is 8. The third-order valence-corrected chi connectivity index (χ3v) is 5.88. The Balaban J connectivity index is 1.35. The summed E-state index contributed by atoms with van der Waals surface area (Å²) in [5.74, 6) is 0.627. The van der Waals surface area contributed by atoms with Gasteiger partial charge in [0, 0.05) is 36.6 Å². The van der Waals surface area contributed by atoms with Crippen LogP contribution in [0.2, 0.25) is 0 Å². The van der Waals surface area contributed by atoms with Crippen molar-refractivity contribution in [3.05, 3.63) is 90.0 Å². The van der Waals surface area contributed by atoms with Crippen LogP contribution in [0.15, 0.2) is 78.9 Å². The number of ether oxygens (including phenoxy) is 2. The van der Waals surface area contributed by atoms with Crippen molar-refractivity contribution in [2.24, 2.45) is 0 Å². The van der Waals surface area contributed by atoms with E-state index in [4.69, 9.17) is 9.47 Å². The Bertz CT molecular complexity index is 1100. The van der Waals surface area contributed by atoms with Crippen molar-refractivity contribution in [2.75, 3.05) is 50.6 Å². The van der Waals surface area contributed by atoms with Gasteiger partial charge in [0.05, 0.1) is 26.4 Å². The van der Waals surface area contributed by atoms with E-state index in [2.05, 4.69) is 20.9 Å². The molecule has 1 aliphatic rings. The lowest BCUT2D eigenvalue weighted by molar-refractivity contribution is 0.0162. The number of carbonyl (C=O) groups is 2. The number of methoxy groups -OCH3 is 1. The average Bonchev–Trinajstić information content (AvgIpc) is 2.90. The fraction of sp³-hybridized carbons (Fsp3) is 0.259. The van der Waals surface area contributed by atoms with E-state index in [9.17, 15) is 9.59 Å². The number of nitrogens with one attached hydrogen (secondary N) is 3. The molecule has 0 unspecified atom stereocenters. The first-order chi connectivity index (χ1) is 17.1. The molecule has 3 amide bonds. The third kappa shape index (κ3) is 6.81. The van der Waals surface area contributed by atoms with Crippen LogP contribution in [0.5, 0.6) is 5.75 Å². The van der Waals surface area contributed by atoms with Gasteiger partial charge in [-0.2, -0.15) is 0 Å². The highest BCUT2D eigenvalue weighted by Crippen LogP contribution is 2.24. The van der Waals surface area contributed by atoms with E-state index in [1.54, 1.807) is 31.4 Å². The first-order valence-electron chi connectivity index (χ1n) is 11.6. The first-order valence-corrected chi connectivity index (χ1v) is 11.6. The average molecular weight is 475 g/mol. The quantitative estimate of drug-likeness (QED) is 0.456. The second-order valence-electron chi connectivity index (χ2n) is 8.17. The van der Waals surface area contributed by atoms with Gasteiger partial charge in [0.15, 0.2) is 0 Å². The van der Waals surface area contributed by atoms with Gasteiger partial charge in [-0.3, -0.25) is 9.69 Å². The minimum absolute atomic E-state index is 0.0244. The van der Waals surface area contributed by atoms with Gasteiger partial charge in [0.1, 0.15) is 5.75 Å². The molecule has 1 fully saturated rings. The predicted octanol–water partition coefficient (Wildman–Crippen LogP) is 4.14. The summed E-state index contributed by atoms with van der Waals surface area (Å²) in [5.41, 5.74) is 2.93. The largest absolute Gasteiger partial charge is 0.497 e. The fourth-order valence-corrected chi connectivity index (χ4v) is 3.98.